The molecule has 10 nitrogen and oxygen atoms in total. The van der Waals surface area contributed by atoms with Crippen LogP contribution in [-0.2, 0) is 20.6 Å². The van der Waals surface area contributed by atoms with E-state index in [9.17, 15) is 32.7 Å². The average molecular weight is 675 g/mol. The molecular formula is C33H37F3N4O6S. The number of carboxylic acid groups (broad SMARTS) is 1. The van der Waals surface area contributed by atoms with E-state index in [1.54, 1.807) is 19.2 Å². The Morgan fingerprint density at radius 2 is 1.87 bits per heavy atom. The number of hydrogen-bond donors (Lipinski definition) is 3. The molecule has 2 saturated heterocycles. The number of carbonyl (C=O) groups is 3. The lowest BCUT2D eigenvalue weighted by Gasteiger charge is -2.30. The molecule has 0 radical (unpaired) electrons. The summed E-state index contributed by atoms with van der Waals surface area (Å²) >= 11 is 1.29. The molecule has 5 atom stereocenters. The summed E-state index contributed by atoms with van der Waals surface area (Å²) in [6, 6.07) is 8.13. The minimum absolute atomic E-state index is 0.0143. The van der Waals surface area contributed by atoms with E-state index >= 15 is 0 Å². The van der Waals surface area contributed by atoms with Crippen molar-refractivity contribution in [1.29, 1.82) is 0 Å². The van der Waals surface area contributed by atoms with Crippen molar-refractivity contribution in [2.24, 2.45) is 5.92 Å². The predicted molar refractivity (Wildman–Crippen MR) is 168 cm³/mol. The molecule has 0 spiro atoms. The van der Waals surface area contributed by atoms with E-state index in [1.165, 1.54) is 28.4 Å². The molecule has 2 aromatic carbocycles. The highest BCUT2D eigenvalue weighted by Crippen LogP contribution is 2.47. The van der Waals surface area contributed by atoms with Crippen LogP contribution in [0.1, 0.15) is 63.4 Å². The first kappa shape index (κ1) is 32.9. The minimum atomic E-state index is -4.56. The Labute approximate surface area is 273 Å². The number of aromatic nitrogens is 1. The van der Waals surface area contributed by atoms with Crippen LogP contribution in [0.15, 0.2) is 42.5 Å². The van der Waals surface area contributed by atoms with Gasteiger partial charge in [-0.3, -0.25) is 9.59 Å². The van der Waals surface area contributed by atoms with E-state index in [-0.39, 0.29) is 24.6 Å². The molecule has 252 valence electrons. The van der Waals surface area contributed by atoms with Crippen molar-refractivity contribution in [1.82, 2.24) is 15.2 Å². The van der Waals surface area contributed by atoms with E-state index in [4.69, 9.17) is 9.47 Å². The van der Waals surface area contributed by atoms with Gasteiger partial charge in [0.15, 0.2) is 0 Å². The number of halogens is 3. The number of methoxy groups -OCH3 is 1. The fraction of sp³-hybridized carbons (Fsp3) is 0.515. The molecule has 0 unspecified atom stereocenters. The number of benzene rings is 2. The highest BCUT2D eigenvalue weighted by Gasteiger charge is 2.62. The van der Waals surface area contributed by atoms with E-state index in [1.807, 2.05) is 6.07 Å². The number of anilines is 1. The van der Waals surface area contributed by atoms with Crippen molar-refractivity contribution >= 4 is 45.0 Å². The summed E-state index contributed by atoms with van der Waals surface area (Å²) in [7, 11) is 1.56. The molecule has 3 heterocycles. The number of rotatable bonds is 6. The van der Waals surface area contributed by atoms with Gasteiger partial charge in [0.05, 0.1) is 29.4 Å². The molecule has 1 saturated carbocycles. The monoisotopic (exact) mass is 674 g/mol. The maximum Gasteiger partial charge on any atom is 0.416 e. The van der Waals surface area contributed by atoms with Crippen LogP contribution in [0, 0.1) is 5.92 Å². The fourth-order valence-corrected chi connectivity index (χ4v) is 7.65. The predicted octanol–water partition coefficient (Wildman–Crippen LogP) is 5.86. The number of ether oxygens (including phenoxy) is 2. The quantitative estimate of drug-likeness (QED) is 0.297. The lowest BCUT2D eigenvalue weighted by atomic mass is 10.0. The smallest absolute Gasteiger partial charge is 0.416 e. The average Bonchev–Trinajstić information content (AvgIpc) is 3.35. The minimum Gasteiger partial charge on any atom is -0.497 e. The van der Waals surface area contributed by atoms with Crippen molar-refractivity contribution in [2.45, 2.75) is 87.7 Å². The number of nitrogens with one attached hydrogen (secondary N) is 2. The molecule has 1 aromatic heterocycles. The van der Waals surface area contributed by atoms with Crippen molar-refractivity contribution in [3.8, 4) is 10.9 Å². The number of aliphatic carboxylic acids is 1. The van der Waals surface area contributed by atoms with E-state index in [0.717, 1.165) is 42.5 Å². The second-order valence-electron chi connectivity index (χ2n) is 12.6. The fourth-order valence-electron chi connectivity index (χ4n) is 6.74. The van der Waals surface area contributed by atoms with Crippen LogP contribution in [0.5, 0.6) is 10.9 Å². The molecule has 47 heavy (non-hydrogen) atoms. The summed E-state index contributed by atoms with van der Waals surface area (Å²) in [5.74, 6) is -1.68. The number of nitrogens with zero attached hydrogens (tertiary/aromatic N) is 2. The van der Waals surface area contributed by atoms with Gasteiger partial charge in [-0.1, -0.05) is 49.5 Å². The van der Waals surface area contributed by atoms with Gasteiger partial charge in [0.2, 0.25) is 11.8 Å². The van der Waals surface area contributed by atoms with Gasteiger partial charge >= 0.3 is 12.1 Å². The summed E-state index contributed by atoms with van der Waals surface area (Å²) < 4.78 is 52.8. The molecule has 14 heteroatoms. The number of fused-ring (bicyclic) bond motifs is 3. The Bertz CT molecular complexity index is 1650. The van der Waals surface area contributed by atoms with E-state index in [2.05, 4.69) is 15.6 Å². The first-order valence-corrected chi connectivity index (χ1v) is 16.7. The Balaban J connectivity index is 1.29. The lowest BCUT2D eigenvalue weighted by molar-refractivity contribution is -0.145. The molecule has 2 aliphatic heterocycles. The highest BCUT2D eigenvalue weighted by atomic mass is 32.1. The zero-order valence-electron chi connectivity index (χ0n) is 25.8. The topological polar surface area (TPSA) is 130 Å². The normalized spacial score (nSPS) is 27.2. The summed E-state index contributed by atoms with van der Waals surface area (Å²) in [5, 5.41) is 16.3. The summed E-state index contributed by atoms with van der Waals surface area (Å²) in [6.07, 6.45) is 0.255. The van der Waals surface area contributed by atoms with Gasteiger partial charge in [0.1, 0.15) is 29.5 Å². The van der Waals surface area contributed by atoms with Crippen LogP contribution in [-0.4, -0.2) is 70.2 Å². The van der Waals surface area contributed by atoms with E-state index < -0.39 is 53.2 Å². The van der Waals surface area contributed by atoms with Crippen LogP contribution >= 0.6 is 11.3 Å². The molecule has 6 rings (SSSR count). The Morgan fingerprint density at radius 3 is 2.62 bits per heavy atom. The van der Waals surface area contributed by atoms with Gasteiger partial charge in [-0.2, -0.15) is 13.2 Å². The highest BCUT2D eigenvalue weighted by molar-refractivity contribution is 7.20. The van der Waals surface area contributed by atoms with Gasteiger partial charge in [0, 0.05) is 12.1 Å². The van der Waals surface area contributed by atoms with Gasteiger partial charge < -0.3 is 30.1 Å². The molecule has 3 N–H and O–H groups in total. The van der Waals surface area contributed by atoms with Crippen LogP contribution in [0.3, 0.4) is 0 Å². The van der Waals surface area contributed by atoms with Crippen LogP contribution in [0.25, 0.3) is 10.2 Å². The summed E-state index contributed by atoms with van der Waals surface area (Å²) in [4.78, 5) is 46.4. The number of thiazole rings is 1. The summed E-state index contributed by atoms with van der Waals surface area (Å²) in [5.41, 5.74) is -1.39. The van der Waals surface area contributed by atoms with Crippen LogP contribution < -0.4 is 20.1 Å². The third kappa shape index (κ3) is 7.12. The number of alkyl halides is 3. The number of carboxylic acids is 1. The standard InChI is InChI=1S/C33H37F3N4O6S/c1-45-22-12-13-24-27(16-22)47-31(38-24)46-23-15-26-28(41)39-32(30(43)44)17-20(32)8-5-3-2-4-6-11-25(29(42)40(26)18-23)37-21-10-7-9-19(14-21)33(34,35)36/h7,9-10,12-14,16,20,23,25-26,37H,2-6,8,11,15,17-18H2,1H3,(H,39,41)(H,43,44)/t20-,23-,25+,26+,32-/m1/s1. The first-order chi connectivity index (χ1) is 22.5. The first-order valence-electron chi connectivity index (χ1n) is 15.9. The maximum absolute atomic E-state index is 14.3. The Kier molecular flexibility index (Phi) is 9.23. The van der Waals surface area contributed by atoms with Crippen molar-refractivity contribution in [3.05, 3.63) is 48.0 Å². The van der Waals surface area contributed by atoms with Gasteiger partial charge in [0.25, 0.3) is 5.19 Å². The maximum atomic E-state index is 14.3. The van der Waals surface area contributed by atoms with Crippen LogP contribution in [0.2, 0.25) is 0 Å². The largest absolute Gasteiger partial charge is 0.497 e. The number of carbonyl (C=O) groups excluding carboxylic acids is 2. The molecule has 1 aliphatic carbocycles. The van der Waals surface area contributed by atoms with E-state index in [0.29, 0.717) is 42.1 Å². The van der Waals surface area contributed by atoms with Crippen molar-refractivity contribution in [2.75, 3.05) is 19.0 Å². The number of amides is 2. The second kappa shape index (κ2) is 13.2. The van der Waals surface area contributed by atoms with Crippen LogP contribution in [0.4, 0.5) is 18.9 Å². The lowest BCUT2D eigenvalue weighted by Crippen LogP contribution is -2.55. The number of hydrogen-bond acceptors (Lipinski definition) is 8. The zero-order valence-corrected chi connectivity index (χ0v) is 26.7. The van der Waals surface area contributed by atoms with Gasteiger partial charge in [-0.05, 0) is 61.6 Å². The SMILES string of the molecule is COc1ccc2nc(O[C@@H]3C[C@H]4C(=O)N[C@]5(C(=O)O)C[C@H]5CCCCCCC[C@H](Nc5cccc(C(F)(F)F)c5)C(=O)N4C3)sc2c1. The molecule has 3 aliphatic rings. The van der Waals surface area contributed by atoms with Gasteiger partial charge in [-0.15, -0.1) is 0 Å². The Hall–Kier alpha value is -4.07. The molecule has 0 bridgehead atoms. The molecule has 3 aromatic rings. The third-order valence-corrected chi connectivity index (χ3v) is 10.3. The third-order valence-electron chi connectivity index (χ3n) is 9.40. The van der Waals surface area contributed by atoms with Crippen molar-refractivity contribution < 1.29 is 42.1 Å². The summed E-state index contributed by atoms with van der Waals surface area (Å²) in [6.45, 7) is 0.0143. The Morgan fingerprint density at radius 1 is 1.11 bits per heavy atom. The molecule has 3 fully saturated rings. The molecular weight excluding hydrogens is 637 g/mol. The molecule has 2 amide bonds. The zero-order chi connectivity index (χ0) is 33.3. The second-order valence-corrected chi connectivity index (χ2v) is 13.6. The van der Waals surface area contributed by atoms with Gasteiger partial charge in [-0.25, -0.2) is 9.78 Å². The van der Waals surface area contributed by atoms with Crippen molar-refractivity contribution in [3.63, 3.8) is 0 Å².